The number of carbonyl (C=O) groups is 2. The van der Waals surface area contributed by atoms with Crippen molar-refractivity contribution < 1.29 is 19.1 Å². The molecule has 0 bridgehead atoms. The Labute approximate surface area is 123 Å². The highest BCUT2D eigenvalue weighted by atomic mass is 16.5. The summed E-state index contributed by atoms with van der Waals surface area (Å²) in [5.41, 5.74) is 6.45. The summed E-state index contributed by atoms with van der Waals surface area (Å²) in [6.45, 7) is 2.94. The lowest BCUT2D eigenvalue weighted by Gasteiger charge is -2.15. The minimum atomic E-state index is -0.739. The van der Waals surface area contributed by atoms with Gasteiger partial charge in [-0.2, -0.15) is 0 Å². The minimum absolute atomic E-state index is 0.241. The summed E-state index contributed by atoms with van der Waals surface area (Å²) in [5, 5.41) is 2.73. The standard InChI is InChI=1S/C15H20N2O4/c1-2-20-12-8-10(7-11(16)9-12)15(19)21-13-5-3-4-6-17-14(13)18/h7-9,13H,2-6,16H2,1H3,(H,17,18). The lowest BCUT2D eigenvalue weighted by atomic mass is 10.1. The molecule has 21 heavy (non-hydrogen) atoms. The summed E-state index contributed by atoms with van der Waals surface area (Å²) >= 11 is 0. The molecule has 0 aromatic heterocycles. The van der Waals surface area contributed by atoms with Gasteiger partial charge in [0.05, 0.1) is 12.2 Å². The number of nitrogens with one attached hydrogen (secondary N) is 1. The number of hydrogen-bond donors (Lipinski definition) is 2. The zero-order valence-electron chi connectivity index (χ0n) is 12.1. The topological polar surface area (TPSA) is 90.7 Å². The van der Waals surface area contributed by atoms with E-state index in [1.165, 1.54) is 6.07 Å². The summed E-state index contributed by atoms with van der Waals surface area (Å²) < 4.78 is 10.6. The van der Waals surface area contributed by atoms with Gasteiger partial charge in [-0.1, -0.05) is 0 Å². The second-order valence-corrected chi connectivity index (χ2v) is 4.90. The molecule has 1 aliphatic heterocycles. The van der Waals surface area contributed by atoms with Crippen molar-refractivity contribution in [3.05, 3.63) is 23.8 Å². The smallest absolute Gasteiger partial charge is 0.339 e. The third-order valence-electron chi connectivity index (χ3n) is 3.21. The van der Waals surface area contributed by atoms with Gasteiger partial charge in [-0.15, -0.1) is 0 Å². The van der Waals surface area contributed by atoms with E-state index < -0.39 is 12.1 Å². The van der Waals surface area contributed by atoms with Gasteiger partial charge in [0.2, 0.25) is 0 Å². The summed E-state index contributed by atoms with van der Waals surface area (Å²) in [7, 11) is 0. The van der Waals surface area contributed by atoms with Crippen LogP contribution in [-0.4, -0.2) is 31.1 Å². The van der Waals surface area contributed by atoms with Gasteiger partial charge in [0, 0.05) is 18.3 Å². The van der Waals surface area contributed by atoms with Crippen LogP contribution in [0.15, 0.2) is 18.2 Å². The number of hydrogen-bond acceptors (Lipinski definition) is 5. The fraction of sp³-hybridized carbons (Fsp3) is 0.467. The van der Waals surface area contributed by atoms with E-state index in [-0.39, 0.29) is 11.5 Å². The number of rotatable bonds is 4. The predicted octanol–water partition coefficient (Wildman–Crippen LogP) is 1.49. The molecule has 1 fully saturated rings. The molecule has 0 spiro atoms. The Kier molecular flexibility index (Phi) is 5.03. The van der Waals surface area contributed by atoms with Crippen molar-refractivity contribution >= 4 is 17.6 Å². The first-order chi connectivity index (χ1) is 10.1. The van der Waals surface area contributed by atoms with E-state index >= 15 is 0 Å². The molecule has 1 aliphatic rings. The Bertz CT molecular complexity index is 530. The van der Waals surface area contributed by atoms with E-state index in [0.717, 1.165) is 12.8 Å². The van der Waals surface area contributed by atoms with Crippen molar-refractivity contribution in [2.45, 2.75) is 32.3 Å². The molecule has 0 radical (unpaired) electrons. The zero-order chi connectivity index (χ0) is 15.2. The summed E-state index contributed by atoms with van der Waals surface area (Å²) in [5.74, 6) is -0.296. The second-order valence-electron chi connectivity index (χ2n) is 4.90. The summed E-state index contributed by atoms with van der Waals surface area (Å²) in [6.07, 6.45) is 1.54. The first kappa shape index (κ1) is 15.2. The SMILES string of the molecule is CCOc1cc(N)cc(C(=O)OC2CCCCNC2=O)c1. The third-order valence-corrected chi connectivity index (χ3v) is 3.21. The zero-order valence-corrected chi connectivity index (χ0v) is 12.1. The number of nitrogen functional groups attached to an aromatic ring is 1. The number of ether oxygens (including phenoxy) is 2. The van der Waals surface area contributed by atoms with Crippen LogP contribution >= 0.6 is 0 Å². The van der Waals surface area contributed by atoms with Crippen molar-refractivity contribution in [2.75, 3.05) is 18.9 Å². The van der Waals surface area contributed by atoms with Crippen LogP contribution in [0.25, 0.3) is 0 Å². The molecule has 0 aliphatic carbocycles. The van der Waals surface area contributed by atoms with Crippen molar-refractivity contribution in [1.29, 1.82) is 0 Å². The summed E-state index contributed by atoms with van der Waals surface area (Å²) in [6, 6.07) is 4.72. The molecule has 1 amide bonds. The highest BCUT2D eigenvalue weighted by molar-refractivity contribution is 5.93. The van der Waals surface area contributed by atoms with Crippen LogP contribution in [0.1, 0.15) is 36.5 Å². The Morgan fingerprint density at radius 2 is 2.19 bits per heavy atom. The molecule has 3 N–H and O–H groups in total. The van der Waals surface area contributed by atoms with Crippen LogP contribution < -0.4 is 15.8 Å². The van der Waals surface area contributed by atoms with Crippen molar-refractivity contribution in [1.82, 2.24) is 5.32 Å². The quantitative estimate of drug-likeness (QED) is 0.648. The molecule has 1 saturated heterocycles. The fourth-order valence-electron chi connectivity index (χ4n) is 2.21. The molecule has 114 valence electrons. The van der Waals surface area contributed by atoms with Crippen molar-refractivity contribution in [3.63, 3.8) is 0 Å². The van der Waals surface area contributed by atoms with Gasteiger partial charge in [0.1, 0.15) is 5.75 Å². The number of carbonyl (C=O) groups excluding carboxylic acids is 2. The molecule has 1 atom stereocenters. The van der Waals surface area contributed by atoms with Gasteiger partial charge >= 0.3 is 5.97 Å². The van der Waals surface area contributed by atoms with Crippen LogP contribution in [0.3, 0.4) is 0 Å². The number of benzene rings is 1. The predicted molar refractivity (Wildman–Crippen MR) is 78.1 cm³/mol. The molecule has 1 aromatic carbocycles. The van der Waals surface area contributed by atoms with E-state index in [9.17, 15) is 9.59 Å². The van der Waals surface area contributed by atoms with Gasteiger partial charge in [0.25, 0.3) is 5.91 Å². The van der Waals surface area contributed by atoms with Crippen LogP contribution in [0.5, 0.6) is 5.75 Å². The number of anilines is 1. The molecule has 1 unspecified atom stereocenters. The largest absolute Gasteiger partial charge is 0.494 e. The molecule has 0 saturated carbocycles. The first-order valence-electron chi connectivity index (χ1n) is 7.12. The minimum Gasteiger partial charge on any atom is -0.494 e. The molecular weight excluding hydrogens is 272 g/mol. The maximum atomic E-state index is 12.2. The van der Waals surface area contributed by atoms with Gasteiger partial charge in [-0.25, -0.2) is 4.79 Å². The van der Waals surface area contributed by atoms with Gasteiger partial charge < -0.3 is 20.5 Å². The highest BCUT2D eigenvalue weighted by Gasteiger charge is 2.25. The Balaban J connectivity index is 2.10. The van der Waals surface area contributed by atoms with E-state index in [0.29, 0.717) is 31.0 Å². The van der Waals surface area contributed by atoms with Crippen LogP contribution in [0.4, 0.5) is 5.69 Å². The number of nitrogens with two attached hydrogens (primary N) is 1. The molecule has 1 heterocycles. The van der Waals surface area contributed by atoms with E-state index in [1.54, 1.807) is 12.1 Å². The molecule has 6 heteroatoms. The highest BCUT2D eigenvalue weighted by Crippen LogP contribution is 2.21. The van der Waals surface area contributed by atoms with Gasteiger partial charge in [-0.05, 0) is 38.3 Å². The average molecular weight is 292 g/mol. The Morgan fingerprint density at radius 3 is 2.95 bits per heavy atom. The lowest BCUT2D eigenvalue weighted by molar-refractivity contribution is -0.129. The summed E-state index contributed by atoms with van der Waals surface area (Å²) in [4.78, 5) is 23.9. The maximum Gasteiger partial charge on any atom is 0.339 e. The number of esters is 1. The average Bonchev–Trinajstić information content (AvgIpc) is 2.64. The van der Waals surface area contributed by atoms with Gasteiger partial charge in [-0.3, -0.25) is 4.79 Å². The monoisotopic (exact) mass is 292 g/mol. The van der Waals surface area contributed by atoms with E-state index in [2.05, 4.69) is 5.32 Å². The van der Waals surface area contributed by atoms with Gasteiger partial charge in [0.15, 0.2) is 6.10 Å². The second kappa shape index (κ2) is 6.97. The molecule has 2 rings (SSSR count). The lowest BCUT2D eigenvalue weighted by Crippen LogP contribution is -2.36. The molecule has 6 nitrogen and oxygen atoms in total. The van der Waals surface area contributed by atoms with Crippen LogP contribution in [-0.2, 0) is 9.53 Å². The van der Waals surface area contributed by atoms with Crippen LogP contribution in [0, 0.1) is 0 Å². The Hall–Kier alpha value is -2.24. The molecule has 1 aromatic rings. The van der Waals surface area contributed by atoms with Crippen molar-refractivity contribution in [3.8, 4) is 5.75 Å². The normalized spacial score (nSPS) is 18.5. The fourth-order valence-corrected chi connectivity index (χ4v) is 2.21. The molecular formula is C15H20N2O4. The first-order valence-corrected chi connectivity index (χ1v) is 7.12. The maximum absolute atomic E-state index is 12.2. The van der Waals surface area contributed by atoms with E-state index in [1.807, 2.05) is 6.92 Å². The Morgan fingerprint density at radius 1 is 1.38 bits per heavy atom. The van der Waals surface area contributed by atoms with E-state index in [4.69, 9.17) is 15.2 Å². The third kappa shape index (κ3) is 4.11. The number of amides is 1. The van der Waals surface area contributed by atoms with Crippen LogP contribution in [0.2, 0.25) is 0 Å². The van der Waals surface area contributed by atoms with Crippen molar-refractivity contribution in [2.24, 2.45) is 0 Å².